The summed E-state index contributed by atoms with van der Waals surface area (Å²) in [6, 6.07) is 9.68. The molecule has 4 rings (SSSR count). The third-order valence-electron chi connectivity index (χ3n) is 6.28. The Morgan fingerprint density at radius 3 is 2.64 bits per heavy atom. The number of aromatic nitrogens is 3. The van der Waals surface area contributed by atoms with Gasteiger partial charge in [-0.1, -0.05) is 17.3 Å². The second-order valence-corrected chi connectivity index (χ2v) is 9.01. The number of rotatable bonds is 11. The Hall–Kier alpha value is -3.05. The number of likely N-dealkylation sites (N-methyl/N-ethyl adjacent to an activating group) is 1. The highest BCUT2D eigenvalue weighted by Gasteiger charge is 2.22. The average Bonchev–Trinajstić information content (AvgIpc) is 3.24. The average molecular weight is 497 g/mol. The molecule has 3 heterocycles. The van der Waals surface area contributed by atoms with Crippen molar-refractivity contribution < 1.29 is 19.1 Å². The van der Waals surface area contributed by atoms with Crippen LogP contribution >= 0.6 is 0 Å². The number of aliphatic hydroxyl groups excluding tert-OH is 1. The molecule has 1 aliphatic heterocycles. The fourth-order valence-electron chi connectivity index (χ4n) is 4.34. The van der Waals surface area contributed by atoms with E-state index in [1.165, 1.54) is 0 Å². The van der Waals surface area contributed by atoms with E-state index in [1.54, 1.807) is 14.2 Å². The van der Waals surface area contributed by atoms with Gasteiger partial charge in [0.05, 0.1) is 23.6 Å². The molecule has 0 amide bonds. The summed E-state index contributed by atoms with van der Waals surface area (Å²) in [6.45, 7) is 9.78. The van der Waals surface area contributed by atoms with Crippen LogP contribution < -0.4 is 15.0 Å². The fraction of sp³-hybridized carbons (Fsp3) is 0.500. The fourth-order valence-corrected chi connectivity index (χ4v) is 4.34. The standard InChI is InChI=1S/C26H36N6O4/c1-18-25(19(2)36-30-18)23-15-24(32-10-8-31(9-11-32)12-13-34-4)29-26(28-23)20-6-5-7-22(14-20)35-17-21(33)16-27-3/h5-7,14-15,21,27,33H,8-13,16-17H2,1-4H3. The molecule has 10 heteroatoms. The van der Waals surface area contributed by atoms with E-state index in [0.717, 1.165) is 73.4 Å². The Balaban J connectivity index is 1.63. The van der Waals surface area contributed by atoms with E-state index < -0.39 is 6.10 Å². The van der Waals surface area contributed by atoms with Crippen LogP contribution in [-0.4, -0.2) is 97.9 Å². The Bertz CT molecular complexity index is 1110. The molecule has 1 fully saturated rings. The van der Waals surface area contributed by atoms with Crippen LogP contribution in [0.2, 0.25) is 0 Å². The minimum absolute atomic E-state index is 0.197. The number of aryl methyl sites for hydroxylation is 2. The number of piperazine rings is 1. The van der Waals surface area contributed by atoms with Crippen LogP contribution in [-0.2, 0) is 4.74 Å². The summed E-state index contributed by atoms with van der Waals surface area (Å²) in [5.74, 6) is 2.85. The second kappa shape index (κ2) is 12.3. The zero-order valence-electron chi connectivity index (χ0n) is 21.5. The van der Waals surface area contributed by atoms with Crippen molar-refractivity contribution in [2.75, 3.05) is 71.5 Å². The molecular formula is C26H36N6O4. The van der Waals surface area contributed by atoms with Crippen LogP contribution in [0.5, 0.6) is 5.75 Å². The number of methoxy groups -OCH3 is 1. The largest absolute Gasteiger partial charge is 0.491 e. The maximum Gasteiger partial charge on any atom is 0.162 e. The van der Waals surface area contributed by atoms with Crippen molar-refractivity contribution in [3.05, 3.63) is 41.8 Å². The Morgan fingerprint density at radius 1 is 1.14 bits per heavy atom. The molecule has 36 heavy (non-hydrogen) atoms. The molecule has 0 bridgehead atoms. The summed E-state index contributed by atoms with van der Waals surface area (Å²) < 4.78 is 16.5. The highest BCUT2D eigenvalue weighted by atomic mass is 16.5. The van der Waals surface area contributed by atoms with Crippen LogP contribution in [0.3, 0.4) is 0 Å². The highest BCUT2D eigenvalue weighted by Crippen LogP contribution is 2.31. The van der Waals surface area contributed by atoms with Gasteiger partial charge in [0.15, 0.2) is 5.82 Å². The Kier molecular flexibility index (Phi) is 8.87. The van der Waals surface area contributed by atoms with E-state index >= 15 is 0 Å². The lowest BCUT2D eigenvalue weighted by atomic mass is 10.1. The lowest BCUT2D eigenvalue weighted by Crippen LogP contribution is -2.47. The number of anilines is 1. The number of nitrogens with zero attached hydrogens (tertiary/aromatic N) is 5. The maximum atomic E-state index is 9.99. The number of hydrogen-bond donors (Lipinski definition) is 2. The van der Waals surface area contributed by atoms with Crippen LogP contribution in [0, 0.1) is 13.8 Å². The minimum Gasteiger partial charge on any atom is -0.491 e. The molecule has 2 aromatic heterocycles. The summed E-state index contributed by atoms with van der Waals surface area (Å²) in [4.78, 5) is 14.6. The number of benzene rings is 1. The van der Waals surface area contributed by atoms with Crippen LogP contribution in [0.15, 0.2) is 34.9 Å². The Labute approximate surface area is 212 Å². The van der Waals surface area contributed by atoms with Crippen molar-refractivity contribution in [3.63, 3.8) is 0 Å². The molecule has 3 aromatic rings. The van der Waals surface area contributed by atoms with E-state index in [4.69, 9.17) is 24.0 Å². The summed E-state index contributed by atoms with van der Waals surface area (Å²) >= 11 is 0. The molecule has 0 saturated carbocycles. The molecule has 10 nitrogen and oxygen atoms in total. The number of aliphatic hydroxyl groups is 1. The van der Waals surface area contributed by atoms with Gasteiger partial charge in [-0.25, -0.2) is 9.97 Å². The molecule has 1 atom stereocenters. The number of ether oxygens (including phenoxy) is 2. The summed E-state index contributed by atoms with van der Waals surface area (Å²) in [5.41, 5.74) is 3.30. The molecule has 1 aliphatic rings. The van der Waals surface area contributed by atoms with Crippen molar-refractivity contribution in [1.82, 2.24) is 25.3 Å². The number of hydrogen-bond acceptors (Lipinski definition) is 10. The van der Waals surface area contributed by atoms with Crippen molar-refractivity contribution in [2.45, 2.75) is 20.0 Å². The topological polar surface area (TPSA) is 109 Å². The van der Waals surface area contributed by atoms with E-state index in [0.29, 0.717) is 18.1 Å². The molecule has 194 valence electrons. The van der Waals surface area contributed by atoms with Crippen molar-refractivity contribution in [3.8, 4) is 28.4 Å². The van der Waals surface area contributed by atoms with Gasteiger partial charge in [0, 0.05) is 58.0 Å². The van der Waals surface area contributed by atoms with E-state index in [9.17, 15) is 5.11 Å². The molecular weight excluding hydrogens is 460 g/mol. The molecule has 0 radical (unpaired) electrons. The molecule has 0 spiro atoms. The first kappa shape index (κ1) is 26.0. The molecule has 0 aliphatic carbocycles. The lowest BCUT2D eigenvalue weighted by Gasteiger charge is -2.35. The normalized spacial score (nSPS) is 15.3. The van der Waals surface area contributed by atoms with Gasteiger partial charge in [-0.2, -0.15) is 0 Å². The summed E-state index contributed by atoms with van der Waals surface area (Å²) in [7, 11) is 3.53. The smallest absolute Gasteiger partial charge is 0.162 e. The van der Waals surface area contributed by atoms with Gasteiger partial charge in [-0.3, -0.25) is 4.90 Å². The first-order valence-corrected chi connectivity index (χ1v) is 12.3. The predicted octanol–water partition coefficient (Wildman–Crippen LogP) is 2.14. The lowest BCUT2D eigenvalue weighted by molar-refractivity contribution is 0.108. The first-order valence-electron chi connectivity index (χ1n) is 12.3. The minimum atomic E-state index is -0.591. The van der Waals surface area contributed by atoms with Crippen molar-refractivity contribution in [2.24, 2.45) is 0 Å². The molecule has 1 saturated heterocycles. The Morgan fingerprint density at radius 2 is 1.94 bits per heavy atom. The highest BCUT2D eigenvalue weighted by molar-refractivity contribution is 5.71. The van der Waals surface area contributed by atoms with E-state index in [-0.39, 0.29) is 6.61 Å². The zero-order valence-corrected chi connectivity index (χ0v) is 21.5. The first-order chi connectivity index (χ1) is 17.5. The third-order valence-corrected chi connectivity index (χ3v) is 6.28. The monoisotopic (exact) mass is 496 g/mol. The van der Waals surface area contributed by atoms with E-state index in [1.807, 2.05) is 44.2 Å². The SMILES string of the molecule is CNCC(O)COc1cccc(-c2nc(-c3c(C)noc3C)cc(N3CCN(CCOC)CC3)n2)c1. The van der Waals surface area contributed by atoms with Crippen LogP contribution in [0.4, 0.5) is 5.82 Å². The van der Waals surface area contributed by atoms with Gasteiger partial charge >= 0.3 is 0 Å². The van der Waals surface area contributed by atoms with Crippen molar-refractivity contribution >= 4 is 5.82 Å². The van der Waals surface area contributed by atoms with Gasteiger partial charge in [-0.15, -0.1) is 0 Å². The number of nitrogens with one attached hydrogen (secondary N) is 1. The van der Waals surface area contributed by atoms with Gasteiger partial charge in [0.25, 0.3) is 0 Å². The van der Waals surface area contributed by atoms with Crippen LogP contribution in [0.25, 0.3) is 22.6 Å². The van der Waals surface area contributed by atoms with Crippen LogP contribution in [0.1, 0.15) is 11.5 Å². The van der Waals surface area contributed by atoms with Gasteiger partial charge in [0.2, 0.25) is 0 Å². The van der Waals surface area contributed by atoms with Gasteiger partial charge in [0.1, 0.15) is 30.0 Å². The third kappa shape index (κ3) is 6.38. The molecule has 2 N–H and O–H groups in total. The summed E-state index contributed by atoms with van der Waals surface area (Å²) in [5, 5.41) is 17.1. The predicted molar refractivity (Wildman–Crippen MR) is 138 cm³/mol. The quantitative estimate of drug-likeness (QED) is 0.410. The maximum absolute atomic E-state index is 9.99. The van der Waals surface area contributed by atoms with Crippen molar-refractivity contribution in [1.29, 1.82) is 0 Å². The van der Waals surface area contributed by atoms with Gasteiger partial charge in [-0.05, 0) is 33.0 Å². The van der Waals surface area contributed by atoms with E-state index in [2.05, 4.69) is 20.3 Å². The second-order valence-electron chi connectivity index (χ2n) is 9.01. The molecule has 1 unspecified atom stereocenters. The van der Waals surface area contributed by atoms with Gasteiger partial charge < -0.3 is 29.3 Å². The molecule has 1 aromatic carbocycles. The summed E-state index contributed by atoms with van der Waals surface area (Å²) in [6.07, 6.45) is -0.591. The zero-order chi connectivity index (χ0) is 25.5.